The van der Waals surface area contributed by atoms with Gasteiger partial charge in [-0.2, -0.15) is 0 Å². The molecule has 2 N–H and O–H groups in total. The molecule has 4 heteroatoms. The summed E-state index contributed by atoms with van der Waals surface area (Å²) < 4.78 is 0. The molecule has 1 fully saturated rings. The Morgan fingerprint density at radius 3 is 1.48 bits per heavy atom. The van der Waals surface area contributed by atoms with Gasteiger partial charge in [0.2, 0.25) is 11.8 Å². The predicted octanol–water partition coefficient (Wildman–Crippen LogP) is 4.72. The number of carbonyl (C=O) groups is 2. The van der Waals surface area contributed by atoms with E-state index in [1.165, 1.54) is 77.0 Å². The smallest absolute Gasteiger partial charge is 0.220 e. The minimum atomic E-state index is 0.166. The maximum Gasteiger partial charge on any atom is 0.220 e. The van der Waals surface area contributed by atoms with Crippen LogP contribution in [0.15, 0.2) is 0 Å². The van der Waals surface area contributed by atoms with Gasteiger partial charge in [0.05, 0.1) is 0 Å². The van der Waals surface area contributed by atoms with Gasteiger partial charge < -0.3 is 10.6 Å². The number of unbranched alkanes of at least 4 members (excludes halogenated alkanes) is 11. The van der Waals surface area contributed by atoms with Gasteiger partial charge in [0.15, 0.2) is 0 Å². The van der Waals surface area contributed by atoms with E-state index in [0.29, 0.717) is 12.8 Å². The Bertz CT molecular complexity index is 354. The summed E-state index contributed by atoms with van der Waals surface area (Å²) >= 11 is 0. The highest BCUT2D eigenvalue weighted by Gasteiger charge is 2.21. The first-order valence-electron chi connectivity index (χ1n) is 10.7. The van der Waals surface area contributed by atoms with Crippen LogP contribution in [0.3, 0.4) is 0 Å². The molecule has 1 aliphatic carbocycles. The van der Waals surface area contributed by atoms with Gasteiger partial charge in [0, 0.05) is 26.4 Å². The van der Waals surface area contributed by atoms with Crippen LogP contribution < -0.4 is 10.6 Å². The third kappa shape index (κ3) is 14.9. The lowest BCUT2D eigenvalue weighted by molar-refractivity contribution is -0.121. The van der Waals surface area contributed by atoms with Crippen molar-refractivity contribution in [3.8, 4) is 0 Å². The maximum absolute atomic E-state index is 11.6. The molecule has 4 nitrogen and oxygen atoms in total. The third-order valence-corrected chi connectivity index (χ3v) is 5.12. The molecule has 0 aromatic rings. The molecule has 0 atom stereocenters. The summed E-state index contributed by atoms with van der Waals surface area (Å²) in [5, 5.41) is 5.70. The molecule has 1 saturated carbocycles. The Morgan fingerprint density at radius 2 is 1.08 bits per heavy atom. The van der Waals surface area contributed by atoms with Gasteiger partial charge in [-0.05, 0) is 31.6 Å². The molecule has 1 rings (SSSR count). The molecule has 2 amide bonds. The molecule has 0 spiro atoms. The van der Waals surface area contributed by atoms with Crippen LogP contribution in [0.1, 0.15) is 103 Å². The van der Waals surface area contributed by atoms with Gasteiger partial charge in [0.1, 0.15) is 0 Å². The van der Waals surface area contributed by atoms with Crippen LogP contribution in [0.4, 0.5) is 0 Å². The summed E-state index contributed by atoms with van der Waals surface area (Å²) in [4.78, 5) is 22.7. The standard InChI is InChI=1S/C21H40N2O2/c1-22-20(24)14-12-10-8-6-4-2-3-5-7-9-11-13-15-21(25)23-18-19-16-17-19/h19H,2-18H2,1H3,(H,22,24)(H,23,25). The van der Waals surface area contributed by atoms with Gasteiger partial charge in [-0.3, -0.25) is 9.59 Å². The van der Waals surface area contributed by atoms with Crippen LogP contribution in [-0.2, 0) is 9.59 Å². The quantitative estimate of drug-likeness (QED) is 0.372. The van der Waals surface area contributed by atoms with Crippen LogP contribution in [0.5, 0.6) is 0 Å². The average Bonchev–Trinajstić information content (AvgIpc) is 3.44. The molecule has 0 heterocycles. The second kappa shape index (κ2) is 15.2. The molecule has 1 aliphatic rings. The van der Waals surface area contributed by atoms with Crippen molar-refractivity contribution >= 4 is 11.8 Å². The van der Waals surface area contributed by atoms with Crippen molar-refractivity contribution in [1.29, 1.82) is 0 Å². The topological polar surface area (TPSA) is 58.2 Å². The molecule has 0 radical (unpaired) electrons. The van der Waals surface area contributed by atoms with Gasteiger partial charge in [-0.15, -0.1) is 0 Å². The summed E-state index contributed by atoms with van der Waals surface area (Å²) in [5.41, 5.74) is 0. The first-order valence-corrected chi connectivity index (χ1v) is 10.7. The Hall–Kier alpha value is -1.06. The number of amides is 2. The van der Waals surface area contributed by atoms with Crippen molar-refractivity contribution in [2.75, 3.05) is 13.6 Å². The van der Waals surface area contributed by atoms with E-state index < -0.39 is 0 Å². The second-order valence-corrected chi connectivity index (χ2v) is 7.66. The fourth-order valence-electron chi connectivity index (χ4n) is 3.13. The largest absolute Gasteiger partial charge is 0.359 e. The highest BCUT2D eigenvalue weighted by Crippen LogP contribution is 2.27. The van der Waals surface area contributed by atoms with E-state index in [9.17, 15) is 9.59 Å². The fourth-order valence-corrected chi connectivity index (χ4v) is 3.13. The first kappa shape index (κ1) is 22.0. The zero-order valence-electron chi connectivity index (χ0n) is 16.4. The van der Waals surface area contributed by atoms with Gasteiger partial charge in [-0.1, -0.05) is 64.2 Å². The van der Waals surface area contributed by atoms with E-state index >= 15 is 0 Å². The van der Waals surface area contributed by atoms with E-state index in [4.69, 9.17) is 0 Å². The summed E-state index contributed by atoms with van der Waals surface area (Å²) in [6.45, 7) is 0.910. The van der Waals surface area contributed by atoms with Crippen molar-refractivity contribution < 1.29 is 9.59 Å². The molecule has 0 unspecified atom stereocenters. The monoisotopic (exact) mass is 352 g/mol. The van der Waals surface area contributed by atoms with Gasteiger partial charge in [-0.25, -0.2) is 0 Å². The fraction of sp³-hybridized carbons (Fsp3) is 0.905. The van der Waals surface area contributed by atoms with E-state index in [1.807, 2.05) is 0 Å². The first-order chi connectivity index (χ1) is 12.2. The lowest BCUT2D eigenvalue weighted by Crippen LogP contribution is -2.25. The Kier molecular flexibility index (Phi) is 13.4. The number of hydrogen-bond donors (Lipinski definition) is 2. The van der Waals surface area contributed by atoms with Crippen molar-refractivity contribution in [2.45, 2.75) is 103 Å². The number of nitrogens with one attached hydrogen (secondary N) is 2. The third-order valence-electron chi connectivity index (χ3n) is 5.12. The van der Waals surface area contributed by atoms with Crippen LogP contribution >= 0.6 is 0 Å². The SMILES string of the molecule is CNC(=O)CCCCCCCCCCCCCCC(=O)NCC1CC1. The lowest BCUT2D eigenvalue weighted by Gasteiger charge is -2.04. The molecular formula is C21H40N2O2. The minimum Gasteiger partial charge on any atom is -0.359 e. The Labute approximate surface area is 154 Å². The molecule has 0 saturated heterocycles. The van der Waals surface area contributed by atoms with Crippen LogP contribution in [0, 0.1) is 5.92 Å². The molecular weight excluding hydrogens is 312 g/mol. The number of rotatable bonds is 17. The van der Waals surface area contributed by atoms with E-state index in [2.05, 4.69) is 10.6 Å². The van der Waals surface area contributed by atoms with E-state index in [-0.39, 0.29) is 11.8 Å². The molecule has 0 aliphatic heterocycles. The predicted molar refractivity (Wildman–Crippen MR) is 104 cm³/mol. The van der Waals surface area contributed by atoms with Crippen LogP contribution in [0.2, 0.25) is 0 Å². The highest BCUT2D eigenvalue weighted by molar-refractivity contribution is 5.75. The van der Waals surface area contributed by atoms with E-state index in [0.717, 1.165) is 25.3 Å². The molecule has 25 heavy (non-hydrogen) atoms. The lowest BCUT2D eigenvalue weighted by atomic mass is 10.0. The zero-order chi connectivity index (χ0) is 18.2. The van der Waals surface area contributed by atoms with Crippen molar-refractivity contribution in [3.63, 3.8) is 0 Å². The van der Waals surface area contributed by atoms with Crippen molar-refractivity contribution in [3.05, 3.63) is 0 Å². The van der Waals surface area contributed by atoms with E-state index in [1.54, 1.807) is 7.05 Å². The average molecular weight is 353 g/mol. The number of carbonyl (C=O) groups excluding carboxylic acids is 2. The van der Waals surface area contributed by atoms with Crippen molar-refractivity contribution in [1.82, 2.24) is 10.6 Å². The maximum atomic E-state index is 11.6. The van der Waals surface area contributed by atoms with Crippen LogP contribution in [-0.4, -0.2) is 25.4 Å². The molecule has 0 aromatic heterocycles. The number of hydrogen-bond acceptors (Lipinski definition) is 2. The Morgan fingerprint density at radius 1 is 0.680 bits per heavy atom. The molecule has 0 aromatic carbocycles. The summed E-state index contributed by atoms with van der Waals surface area (Å²) in [6, 6.07) is 0. The highest BCUT2D eigenvalue weighted by atomic mass is 16.2. The Balaban J connectivity index is 1.68. The van der Waals surface area contributed by atoms with Crippen LogP contribution in [0.25, 0.3) is 0 Å². The second-order valence-electron chi connectivity index (χ2n) is 7.66. The summed E-state index contributed by atoms with van der Waals surface area (Å²) in [7, 11) is 1.70. The molecule has 146 valence electrons. The van der Waals surface area contributed by atoms with Gasteiger partial charge in [0.25, 0.3) is 0 Å². The molecule has 0 bridgehead atoms. The minimum absolute atomic E-state index is 0.166. The summed E-state index contributed by atoms with van der Waals surface area (Å²) in [5.74, 6) is 1.20. The summed E-state index contributed by atoms with van der Waals surface area (Å²) in [6.07, 6.45) is 19.0. The van der Waals surface area contributed by atoms with Crippen molar-refractivity contribution in [2.24, 2.45) is 5.92 Å². The van der Waals surface area contributed by atoms with Gasteiger partial charge >= 0.3 is 0 Å². The normalized spacial score (nSPS) is 13.6. The zero-order valence-corrected chi connectivity index (χ0v) is 16.4.